The number of aryl methyl sites for hydroxylation is 2. The molecule has 1 fully saturated rings. The molecule has 1 aromatic carbocycles. The van der Waals surface area contributed by atoms with E-state index in [0.29, 0.717) is 5.69 Å². The minimum absolute atomic E-state index is 0.222. The highest BCUT2D eigenvalue weighted by Crippen LogP contribution is 2.20. The van der Waals surface area contributed by atoms with Crippen LogP contribution in [0.1, 0.15) is 40.9 Å². The minimum Gasteiger partial charge on any atom is -0.355 e. The second-order valence-corrected chi connectivity index (χ2v) is 6.05. The van der Waals surface area contributed by atoms with Crippen LogP contribution in [0.2, 0.25) is 0 Å². The maximum absolute atomic E-state index is 12.4. The number of para-hydroxylation sites is 1. The van der Waals surface area contributed by atoms with E-state index < -0.39 is 0 Å². The largest absolute Gasteiger partial charge is 0.355 e. The van der Waals surface area contributed by atoms with Gasteiger partial charge in [-0.15, -0.1) is 10.2 Å². The van der Waals surface area contributed by atoms with Crippen LogP contribution in [0.25, 0.3) is 0 Å². The molecule has 3 rings (SSSR count). The number of anilines is 2. The van der Waals surface area contributed by atoms with Crippen molar-refractivity contribution >= 4 is 17.4 Å². The molecular formula is C18H22N4O. The zero-order chi connectivity index (χ0) is 16.2. The molecule has 1 aromatic heterocycles. The van der Waals surface area contributed by atoms with E-state index in [2.05, 4.69) is 20.4 Å². The van der Waals surface area contributed by atoms with Gasteiger partial charge in [0.2, 0.25) is 0 Å². The number of carbonyl (C=O) groups is 1. The first kappa shape index (κ1) is 15.5. The lowest BCUT2D eigenvalue weighted by Gasteiger charge is -2.27. The lowest BCUT2D eigenvalue weighted by molar-refractivity contribution is 0.102. The summed E-state index contributed by atoms with van der Waals surface area (Å²) in [5.41, 5.74) is 3.26. The summed E-state index contributed by atoms with van der Waals surface area (Å²) >= 11 is 0. The molecule has 2 heterocycles. The summed E-state index contributed by atoms with van der Waals surface area (Å²) in [7, 11) is 0. The van der Waals surface area contributed by atoms with Crippen LogP contribution in [-0.4, -0.2) is 29.2 Å². The first-order valence-corrected chi connectivity index (χ1v) is 8.11. The van der Waals surface area contributed by atoms with E-state index in [-0.39, 0.29) is 5.91 Å². The monoisotopic (exact) mass is 310 g/mol. The van der Waals surface area contributed by atoms with E-state index in [1.165, 1.54) is 19.3 Å². The fraction of sp³-hybridized carbons (Fsp3) is 0.389. The molecule has 1 saturated heterocycles. The minimum atomic E-state index is -0.222. The Kier molecular flexibility index (Phi) is 4.55. The van der Waals surface area contributed by atoms with Gasteiger partial charge in [-0.3, -0.25) is 4.79 Å². The number of aromatic nitrogens is 2. The summed E-state index contributed by atoms with van der Waals surface area (Å²) in [4.78, 5) is 14.6. The molecule has 120 valence electrons. The van der Waals surface area contributed by atoms with Crippen molar-refractivity contribution in [2.75, 3.05) is 23.3 Å². The Labute approximate surface area is 136 Å². The Bertz CT molecular complexity index is 670. The van der Waals surface area contributed by atoms with Crippen LogP contribution < -0.4 is 10.2 Å². The number of carbonyl (C=O) groups excluding carboxylic acids is 1. The van der Waals surface area contributed by atoms with E-state index in [4.69, 9.17) is 0 Å². The van der Waals surface area contributed by atoms with Gasteiger partial charge in [0.25, 0.3) is 5.91 Å². The molecule has 5 heteroatoms. The molecule has 1 aliphatic heterocycles. The van der Waals surface area contributed by atoms with Crippen LogP contribution in [0.5, 0.6) is 0 Å². The van der Waals surface area contributed by atoms with Crippen LogP contribution in [0.15, 0.2) is 30.3 Å². The zero-order valence-electron chi connectivity index (χ0n) is 13.7. The molecule has 0 spiro atoms. The van der Waals surface area contributed by atoms with Crippen LogP contribution in [0, 0.1) is 13.8 Å². The van der Waals surface area contributed by atoms with Crippen LogP contribution in [-0.2, 0) is 0 Å². The van der Waals surface area contributed by atoms with Gasteiger partial charge >= 0.3 is 0 Å². The van der Waals surface area contributed by atoms with Gasteiger partial charge in [0.1, 0.15) is 0 Å². The number of amides is 1. The van der Waals surface area contributed by atoms with Crippen molar-refractivity contribution in [3.05, 3.63) is 47.2 Å². The fourth-order valence-electron chi connectivity index (χ4n) is 2.93. The Morgan fingerprint density at radius 2 is 1.70 bits per heavy atom. The van der Waals surface area contributed by atoms with Crippen molar-refractivity contribution < 1.29 is 4.79 Å². The zero-order valence-corrected chi connectivity index (χ0v) is 13.7. The van der Waals surface area contributed by atoms with Crippen molar-refractivity contribution in [2.24, 2.45) is 0 Å². The molecule has 2 aromatic rings. The first-order chi connectivity index (χ1) is 11.1. The van der Waals surface area contributed by atoms with Gasteiger partial charge in [0.15, 0.2) is 11.5 Å². The number of hydrogen-bond acceptors (Lipinski definition) is 4. The third-order valence-electron chi connectivity index (χ3n) is 4.28. The molecule has 0 aliphatic carbocycles. The van der Waals surface area contributed by atoms with Crippen LogP contribution in [0.3, 0.4) is 0 Å². The molecule has 0 atom stereocenters. The number of rotatable bonds is 3. The van der Waals surface area contributed by atoms with Crippen molar-refractivity contribution in [3.8, 4) is 0 Å². The molecule has 0 bridgehead atoms. The maximum Gasteiger partial charge on any atom is 0.276 e. The predicted molar refractivity (Wildman–Crippen MR) is 92.0 cm³/mol. The Morgan fingerprint density at radius 1 is 1.00 bits per heavy atom. The van der Waals surface area contributed by atoms with Crippen molar-refractivity contribution in [1.82, 2.24) is 10.2 Å². The summed E-state index contributed by atoms with van der Waals surface area (Å²) in [6, 6.07) is 9.58. The Balaban J connectivity index is 1.72. The molecule has 0 saturated carbocycles. The van der Waals surface area contributed by atoms with Crippen LogP contribution in [0.4, 0.5) is 11.5 Å². The topological polar surface area (TPSA) is 58.1 Å². The molecule has 1 N–H and O–H groups in total. The highest BCUT2D eigenvalue weighted by molar-refractivity contribution is 6.03. The van der Waals surface area contributed by atoms with Gasteiger partial charge < -0.3 is 10.2 Å². The lowest BCUT2D eigenvalue weighted by atomic mass is 10.1. The van der Waals surface area contributed by atoms with E-state index in [1.54, 1.807) is 6.07 Å². The van der Waals surface area contributed by atoms with Crippen molar-refractivity contribution in [2.45, 2.75) is 33.1 Å². The Hall–Kier alpha value is -2.43. The van der Waals surface area contributed by atoms with Gasteiger partial charge in [0.05, 0.1) is 0 Å². The van der Waals surface area contributed by atoms with Gasteiger partial charge in [-0.25, -0.2) is 0 Å². The summed E-state index contributed by atoms with van der Waals surface area (Å²) in [6.07, 6.45) is 3.66. The highest BCUT2D eigenvalue weighted by Gasteiger charge is 2.15. The summed E-state index contributed by atoms with van der Waals surface area (Å²) in [5.74, 6) is 0.633. The van der Waals surface area contributed by atoms with E-state index in [0.717, 1.165) is 35.7 Å². The van der Waals surface area contributed by atoms with E-state index >= 15 is 0 Å². The molecular weight excluding hydrogens is 288 g/mol. The van der Waals surface area contributed by atoms with Crippen LogP contribution >= 0.6 is 0 Å². The van der Waals surface area contributed by atoms with E-state index in [9.17, 15) is 4.79 Å². The van der Waals surface area contributed by atoms with Crippen molar-refractivity contribution in [3.63, 3.8) is 0 Å². The number of benzene rings is 1. The summed E-state index contributed by atoms with van der Waals surface area (Å²) in [6.45, 7) is 5.99. The average molecular weight is 310 g/mol. The third-order valence-corrected chi connectivity index (χ3v) is 4.28. The predicted octanol–water partition coefficient (Wildman–Crippen LogP) is 3.34. The Morgan fingerprint density at radius 3 is 2.30 bits per heavy atom. The second-order valence-electron chi connectivity index (χ2n) is 6.05. The second kappa shape index (κ2) is 6.77. The van der Waals surface area contributed by atoms with Gasteiger partial charge in [-0.05, 0) is 56.4 Å². The normalized spacial score (nSPS) is 14.6. The number of piperidine rings is 1. The smallest absolute Gasteiger partial charge is 0.276 e. The SMILES string of the molecule is Cc1cccc(C)c1NC(=O)c1ccc(N2CCCCC2)nn1. The highest BCUT2D eigenvalue weighted by atomic mass is 16.1. The van der Waals surface area contributed by atoms with Gasteiger partial charge in [-0.2, -0.15) is 0 Å². The van der Waals surface area contributed by atoms with E-state index in [1.807, 2.05) is 38.1 Å². The molecule has 0 unspecified atom stereocenters. The standard InChI is InChI=1S/C18H22N4O/c1-13-7-6-8-14(2)17(13)19-18(23)15-9-10-16(21-20-15)22-11-4-3-5-12-22/h6-10H,3-5,11-12H2,1-2H3,(H,19,23). The summed E-state index contributed by atoms with van der Waals surface area (Å²) < 4.78 is 0. The number of nitrogens with one attached hydrogen (secondary N) is 1. The molecule has 1 aliphatic rings. The van der Waals surface area contributed by atoms with Crippen molar-refractivity contribution in [1.29, 1.82) is 0 Å². The molecule has 23 heavy (non-hydrogen) atoms. The number of nitrogens with zero attached hydrogens (tertiary/aromatic N) is 3. The molecule has 1 amide bonds. The lowest BCUT2D eigenvalue weighted by Crippen LogP contribution is -2.30. The fourth-order valence-corrected chi connectivity index (χ4v) is 2.93. The molecule has 5 nitrogen and oxygen atoms in total. The molecule has 0 radical (unpaired) electrons. The third kappa shape index (κ3) is 3.50. The quantitative estimate of drug-likeness (QED) is 0.944. The number of hydrogen-bond donors (Lipinski definition) is 1. The summed E-state index contributed by atoms with van der Waals surface area (Å²) in [5, 5.41) is 11.3. The first-order valence-electron chi connectivity index (χ1n) is 8.11. The average Bonchev–Trinajstić information content (AvgIpc) is 2.59. The van der Waals surface area contributed by atoms with Gasteiger partial charge in [-0.1, -0.05) is 18.2 Å². The maximum atomic E-state index is 12.4. The van der Waals surface area contributed by atoms with Gasteiger partial charge in [0, 0.05) is 18.8 Å².